The summed E-state index contributed by atoms with van der Waals surface area (Å²) < 4.78 is 13.5. The molecule has 0 heterocycles. The Morgan fingerprint density at radius 1 is 1.24 bits per heavy atom. The molecule has 1 saturated carbocycles. The zero-order valence-electron chi connectivity index (χ0n) is 10.8. The van der Waals surface area contributed by atoms with Gasteiger partial charge in [0.1, 0.15) is 5.82 Å². The van der Waals surface area contributed by atoms with Gasteiger partial charge in [0.05, 0.1) is 0 Å². The summed E-state index contributed by atoms with van der Waals surface area (Å²) in [6, 6.07) is 5.90. The second kappa shape index (κ2) is 5.63. The van der Waals surface area contributed by atoms with Gasteiger partial charge in [-0.25, -0.2) is 4.39 Å². The third kappa shape index (κ3) is 3.53. The predicted octanol–water partition coefficient (Wildman–Crippen LogP) is 3.80. The molecule has 1 aliphatic carbocycles. The Morgan fingerprint density at radius 2 is 1.94 bits per heavy atom. The van der Waals surface area contributed by atoms with E-state index < -0.39 is 0 Å². The lowest BCUT2D eigenvalue weighted by atomic mass is 9.87. The van der Waals surface area contributed by atoms with Gasteiger partial charge in [0, 0.05) is 18.2 Å². The summed E-state index contributed by atoms with van der Waals surface area (Å²) in [6.07, 6.45) is 5.06. The molecule has 0 saturated heterocycles. The van der Waals surface area contributed by atoms with Gasteiger partial charge in [0.25, 0.3) is 0 Å². The Labute approximate surface area is 103 Å². The van der Waals surface area contributed by atoms with E-state index in [2.05, 4.69) is 12.2 Å². The van der Waals surface area contributed by atoms with Crippen molar-refractivity contribution in [2.75, 3.05) is 0 Å². The summed E-state index contributed by atoms with van der Waals surface area (Å²) >= 11 is 0. The van der Waals surface area contributed by atoms with Crippen LogP contribution in [0.3, 0.4) is 0 Å². The average Bonchev–Trinajstić information content (AvgIpc) is 2.32. The summed E-state index contributed by atoms with van der Waals surface area (Å²) in [7, 11) is 0. The second-order valence-corrected chi connectivity index (χ2v) is 5.43. The van der Waals surface area contributed by atoms with E-state index >= 15 is 0 Å². The fourth-order valence-electron chi connectivity index (χ4n) is 2.56. The first-order valence-electron chi connectivity index (χ1n) is 6.63. The molecule has 1 aromatic rings. The fourth-order valence-corrected chi connectivity index (χ4v) is 2.56. The molecule has 94 valence electrons. The van der Waals surface area contributed by atoms with Crippen LogP contribution in [0.25, 0.3) is 0 Å². The topological polar surface area (TPSA) is 12.0 Å². The molecule has 1 fully saturated rings. The highest BCUT2D eigenvalue weighted by molar-refractivity contribution is 5.23. The highest BCUT2D eigenvalue weighted by Crippen LogP contribution is 2.23. The van der Waals surface area contributed by atoms with Crippen LogP contribution in [-0.2, 0) is 6.54 Å². The lowest BCUT2D eigenvalue weighted by molar-refractivity contribution is 0.305. The summed E-state index contributed by atoms with van der Waals surface area (Å²) in [5.41, 5.74) is 1.92. The van der Waals surface area contributed by atoms with Crippen molar-refractivity contribution in [1.82, 2.24) is 5.32 Å². The van der Waals surface area contributed by atoms with Crippen LogP contribution in [0.4, 0.5) is 4.39 Å². The number of hydrogen-bond acceptors (Lipinski definition) is 1. The van der Waals surface area contributed by atoms with E-state index in [-0.39, 0.29) is 5.82 Å². The van der Waals surface area contributed by atoms with Crippen LogP contribution >= 0.6 is 0 Å². The molecule has 0 spiro atoms. The van der Waals surface area contributed by atoms with Gasteiger partial charge in [0.15, 0.2) is 0 Å². The summed E-state index contributed by atoms with van der Waals surface area (Å²) in [5, 5.41) is 3.49. The van der Waals surface area contributed by atoms with Crippen molar-refractivity contribution in [3.05, 3.63) is 35.1 Å². The molecule has 0 aliphatic heterocycles. The van der Waals surface area contributed by atoms with Crippen molar-refractivity contribution >= 4 is 0 Å². The normalized spacial score (nSPS) is 24.9. The maximum Gasteiger partial charge on any atom is 0.127 e. The lowest BCUT2D eigenvalue weighted by Gasteiger charge is -2.27. The highest BCUT2D eigenvalue weighted by atomic mass is 19.1. The monoisotopic (exact) mass is 235 g/mol. The molecular formula is C15H22FN. The molecule has 1 N–H and O–H groups in total. The molecule has 0 radical (unpaired) electrons. The number of hydrogen-bond donors (Lipinski definition) is 1. The molecule has 2 heteroatoms. The standard InChI is InChI=1S/C15H22FN/c1-11-3-6-14(7-4-11)17-10-13-9-12(2)5-8-15(13)16/h5,8-9,11,14,17H,3-4,6-7,10H2,1-2H3. The Hall–Kier alpha value is -0.890. The smallest absolute Gasteiger partial charge is 0.127 e. The number of aryl methyl sites for hydroxylation is 1. The Kier molecular flexibility index (Phi) is 4.16. The van der Waals surface area contributed by atoms with Crippen molar-refractivity contribution in [2.24, 2.45) is 5.92 Å². The predicted molar refractivity (Wildman–Crippen MR) is 69.4 cm³/mol. The van der Waals surface area contributed by atoms with Crippen molar-refractivity contribution in [3.63, 3.8) is 0 Å². The number of halogens is 1. The first kappa shape index (κ1) is 12.6. The first-order valence-corrected chi connectivity index (χ1v) is 6.63. The van der Waals surface area contributed by atoms with Gasteiger partial charge >= 0.3 is 0 Å². The Bertz CT molecular complexity index is 367. The summed E-state index contributed by atoms with van der Waals surface area (Å²) in [6.45, 7) is 4.98. The van der Waals surface area contributed by atoms with Crippen LogP contribution in [0.15, 0.2) is 18.2 Å². The Morgan fingerprint density at radius 3 is 2.65 bits per heavy atom. The molecule has 0 atom stereocenters. The minimum Gasteiger partial charge on any atom is -0.310 e. The third-order valence-corrected chi connectivity index (χ3v) is 3.80. The van der Waals surface area contributed by atoms with Crippen LogP contribution < -0.4 is 5.32 Å². The van der Waals surface area contributed by atoms with Gasteiger partial charge in [0.2, 0.25) is 0 Å². The highest BCUT2D eigenvalue weighted by Gasteiger charge is 2.17. The molecule has 1 aliphatic rings. The largest absolute Gasteiger partial charge is 0.310 e. The van der Waals surface area contributed by atoms with Gasteiger partial charge in [-0.2, -0.15) is 0 Å². The quantitative estimate of drug-likeness (QED) is 0.840. The van der Waals surface area contributed by atoms with E-state index in [1.54, 1.807) is 6.07 Å². The minimum absolute atomic E-state index is 0.0905. The minimum atomic E-state index is -0.0905. The third-order valence-electron chi connectivity index (χ3n) is 3.80. The molecule has 2 rings (SSSR count). The van der Waals surface area contributed by atoms with Crippen LogP contribution in [0.1, 0.15) is 43.7 Å². The van der Waals surface area contributed by atoms with Crippen LogP contribution in [-0.4, -0.2) is 6.04 Å². The van der Waals surface area contributed by atoms with E-state index in [1.807, 2.05) is 19.1 Å². The molecule has 17 heavy (non-hydrogen) atoms. The van der Waals surface area contributed by atoms with Crippen LogP contribution in [0, 0.1) is 18.7 Å². The van der Waals surface area contributed by atoms with Crippen molar-refractivity contribution < 1.29 is 4.39 Å². The molecule has 0 unspecified atom stereocenters. The van der Waals surface area contributed by atoms with Crippen molar-refractivity contribution in [3.8, 4) is 0 Å². The molecular weight excluding hydrogens is 213 g/mol. The zero-order valence-corrected chi connectivity index (χ0v) is 10.8. The van der Waals surface area contributed by atoms with E-state index in [4.69, 9.17) is 0 Å². The molecule has 1 nitrogen and oxygen atoms in total. The SMILES string of the molecule is Cc1ccc(F)c(CNC2CCC(C)CC2)c1. The molecule has 0 bridgehead atoms. The first-order chi connectivity index (χ1) is 8.15. The van der Waals surface area contributed by atoms with E-state index in [0.717, 1.165) is 17.0 Å². The maximum atomic E-state index is 13.5. The van der Waals surface area contributed by atoms with E-state index in [1.165, 1.54) is 25.7 Å². The molecule has 1 aromatic carbocycles. The number of rotatable bonds is 3. The molecule has 0 aromatic heterocycles. The summed E-state index contributed by atoms with van der Waals surface area (Å²) in [4.78, 5) is 0. The van der Waals surface area contributed by atoms with Crippen molar-refractivity contribution in [2.45, 2.75) is 52.1 Å². The summed E-state index contributed by atoms with van der Waals surface area (Å²) in [5.74, 6) is 0.774. The van der Waals surface area contributed by atoms with Gasteiger partial charge in [-0.3, -0.25) is 0 Å². The van der Waals surface area contributed by atoms with E-state index in [9.17, 15) is 4.39 Å². The Balaban J connectivity index is 1.87. The maximum absolute atomic E-state index is 13.5. The van der Waals surface area contributed by atoms with E-state index in [0.29, 0.717) is 12.6 Å². The van der Waals surface area contributed by atoms with Crippen LogP contribution in [0.2, 0.25) is 0 Å². The van der Waals surface area contributed by atoms with Gasteiger partial charge in [-0.15, -0.1) is 0 Å². The van der Waals surface area contributed by atoms with Gasteiger partial charge < -0.3 is 5.32 Å². The van der Waals surface area contributed by atoms with Gasteiger partial charge in [-0.1, -0.05) is 24.6 Å². The number of benzene rings is 1. The molecule has 0 amide bonds. The average molecular weight is 235 g/mol. The van der Waals surface area contributed by atoms with Crippen molar-refractivity contribution in [1.29, 1.82) is 0 Å². The fraction of sp³-hybridized carbons (Fsp3) is 0.600. The van der Waals surface area contributed by atoms with Gasteiger partial charge in [-0.05, 0) is 44.6 Å². The number of nitrogens with one attached hydrogen (secondary N) is 1. The van der Waals surface area contributed by atoms with Crippen LogP contribution in [0.5, 0.6) is 0 Å². The second-order valence-electron chi connectivity index (χ2n) is 5.43. The zero-order chi connectivity index (χ0) is 12.3. The lowest BCUT2D eigenvalue weighted by Crippen LogP contribution is -2.32.